The topological polar surface area (TPSA) is 124 Å². The molecule has 0 aliphatic rings. The van der Waals surface area contributed by atoms with Crippen LogP contribution in [-0.2, 0) is 42.6 Å². The molecule has 0 bridgehead atoms. The van der Waals surface area contributed by atoms with Crippen molar-refractivity contribution in [3.05, 3.63) is 0 Å². The lowest BCUT2D eigenvalue weighted by Gasteiger charge is -2.06. The standard InChI is InChI=1S/C10H22O5.C8H18O5.C2H6O/c1-11-3-5-13-7-9-15-10-8-14-6-4-12-2;9-1-3-11-5-7-13-8-6-12-4-2-10;1-3-2/h3-10H2,1-2H3;9-10H,1-8H2;1-2H3. The maximum Gasteiger partial charge on any atom is 0.0701 e. The van der Waals surface area contributed by atoms with Crippen LogP contribution in [0.3, 0.4) is 0 Å². The number of hydrogen-bond donors (Lipinski definition) is 2. The van der Waals surface area contributed by atoms with Crippen molar-refractivity contribution in [3.8, 4) is 0 Å². The molecule has 31 heavy (non-hydrogen) atoms. The fourth-order valence-corrected chi connectivity index (χ4v) is 1.50. The molecule has 0 fully saturated rings. The SMILES string of the molecule is COC.COCCOCCOCCOCCOC.OCCOCCOCCOCCO. The minimum absolute atomic E-state index is 0.0413. The van der Waals surface area contributed by atoms with Crippen LogP contribution in [0.15, 0.2) is 0 Å². The van der Waals surface area contributed by atoms with Crippen molar-refractivity contribution >= 4 is 0 Å². The number of rotatable bonds is 22. The van der Waals surface area contributed by atoms with E-state index in [1.807, 2.05) is 0 Å². The zero-order chi connectivity index (χ0) is 23.7. The molecule has 0 spiro atoms. The van der Waals surface area contributed by atoms with Gasteiger partial charge in [-0.1, -0.05) is 0 Å². The minimum atomic E-state index is 0.0413. The van der Waals surface area contributed by atoms with Gasteiger partial charge in [-0.2, -0.15) is 0 Å². The van der Waals surface area contributed by atoms with Gasteiger partial charge in [0.05, 0.1) is 106 Å². The van der Waals surface area contributed by atoms with Gasteiger partial charge in [-0.15, -0.1) is 0 Å². The summed E-state index contributed by atoms with van der Waals surface area (Å²) in [5.74, 6) is 0. The molecule has 0 amide bonds. The van der Waals surface area contributed by atoms with Crippen molar-refractivity contribution in [1.82, 2.24) is 0 Å². The van der Waals surface area contributed by atoms with Crippen LogP contribution in [0.4, 0.5) is 0 Å². The lowest BCUT2D eigenvalue weighted by molar-refractivity contribution is -0.00380. The van der Waals surface area contributed by atoms with Crippen LogP contribution < -0.4 is 0 Å². The molecule has 0 aromatic carbocycles. The first-order valence-electron chi connectivity index (χ1n) is 10.3. The smallest absolute Gasteiger partial charge is 0.0701 e. The van der Waals surface area contributed by atoms with Crippen LogP contribution in [0.2, 0.25) is 0 Å². The first-order chi connectivity index (χ1) is 15.2. The Morgan fingerprint density at radius 2 is 0.548 bits per heavy atom. The summed E-state index contributed by atoms with van der Waals surface area (Å²) >= 11 is 0. The molecule has 192 valence electrons. The average molecular weight is 463 g/mol. The molecule has 0 saturated heterocycles. The molecular weight excluding hydrogens is 416 g/mol. The third kappa shape index (κ3) is 48.3. The molecular formula is C20H46O11. The summed E-state index contributed by atoms with van der Waals surface area (Å²) in [6.07, 6.45) is 0. The van der Waals surface area contributed by atoms with E-state index in [0.29, 0.717) is 92.5 Å². The van der Waals surface area contributed by atoms with E-state index in [4.69, 9.17) is 48.1 Å². The van der Waals surface area contributed by atoms with Gasteiger partial charge in [0.1, 0.15) is 0 Å². The molecule has 0 saturated carbocycles. The Morgan fingerprint density at radius 1 is 0.355 bits per heavy atom. The molecule has 0 atom stereocenters. The van der Waals surface area contributed by atoms with Crippen LogP contribution in [0.25, 0.3) is 0 Å². The Labute approximate surface area is 187 Å². The Kier molecular flexibility index (Phi) is 45.3. The second-order valence-electron chi connectivity index (χ2n) is 5.52. The lowest BCUT2D eigenvalue weighted by atomic mass is 10.7. The molecule has 0 aromatic rings. The van der Waals surface area contributed by atoms with E-state index in [2.05, 4.69) is 4.74 Å². The molecule has 0 rings (SSSR count). The molecule has 2 N–H and O–H groups in total. The highest BCUT2D eigenvalue weighted by atomic mass is 16.6. The number of methoxy groups -OCH3 is 3. The molecule has 0 heterocycles. The Morgan fingerprint density at radius 3 is 0.742 bits per heavy atom. The van der Waals surface area contributed by atoms with Crippen molar-refractivity contribution in [1.29, 1.82) is 0 Å². The number of ether oxygens (including phenoxy) is 9. The van der Waals surface area contributed by atoms with Crippen molar-refractivity contribution in [2.75, 3.05) is 134 Å². The normalized spacial score (nSPS) is 10.3. The molecule has 0 aliphatic carbocycles. The van der Waals surface area contributed by atoms with Crippen LogP contribution >= 0.6 is 0 Å². The Balaban J connectivity index is -0.000000452. The van der Waals surface area contributed by atoms with E-state index in [1.54, 1.807) is 28.4 Å². The van der Waals surface area contributed by atoms with E-state index >= 15 is 0 Å². The second kappa shape index (κ2) is 40.0. The summed E-state index contributed by atoms with van der Waals surface area (Å²) in [4.78, 5) is 0. The van der Waals surface area contributed by atoms with Crippen molar-refractivity contribution in [3.63, 3.8) is 0 Å². The van der Waals surface area contributed by atoms with E-state index in [9.17, 15) is 0 Å². The third-order valence-corrected chi connectivity index (χ3v) is 2.82. The molecule has 11 heteroatoms. The van der Waals surface area contributed by atoms with E-state index < -0.39 is 0 Å². The first-order valence-corrected chi connectivity index (χ1v) is 10.3. The lowest BCUT2D eigenvalue weighted by Crippen LogP contribution is -2.12. The van der Waals surface area contributed by atoms with E-state index in [0.717, 1.165) is 0 Å². The Hall–Kier alpha value is -0.440. The minimum Gasteiger partial charge on any atom is -0.394 e. The van der Waals surface area contributed by atoms with Crippen molar-refractivity contribution in [2.24, 2.45) is 0 Å². The van der Waals surface area contributed by atoms with Gasteiger partial charge < -0.3 is 52.8 Å². The number of aliphatic hydroxyl groups excluding tert-OH is 2. The number of hydrogen-bond acceptors (Lipinski definition) is 11. The highest BCUT2D eigenvalue weighted by Gasteiger charge is 1.91. The highest BCUT2D eigenvalue weighted by molar-refractivity contribution is 4.34. The molecule has 0 aliphatic heterocycles. The maximum atomic E-state index is 8.36. The summed E-state index contributed by atoms with van der Waals surface area (Å²) in [5, 5.41) is 16.7. The average Bonchev–Trinajstić information content (AvgIpc) is 2.77. The van der Waals surface area contributed by atoms with Crippen LogP contribution in [0.1, 0.15) is 0 Å². The number of aliphatic hydroxyl groups is 2. The Bertz CT molecular complexity index is 239. The van der Waals surface area contributed by atoms with Crippen LogP contribution in [0, 0.1) is 0 Å². The van der Waals surface area contributed by atoms with Crippen LogP contribution in [0.5, 0.6) is 0 Å². The summed E-state index contributed by atoms with van der Waals surface area (Å²) in [6, 6.07) is 0. The van der Waals surface area contributed by atoms with Gasteiger partial charge in [0.2, 0.25) is 0 Å². The fraction of sp³-hybridized carbons (Fsp3) is 1.00. The molecule has 11 nitrogen and oxygen atoms in total. The maximum absolute atomic E-state index is 8.36. The predicted octanol–water partition coefficient (Wildman–Crippen LogP) is -0.388. The van der Waals surface area contributed by atoms with Gasteiger partial charge in [0, 0.05) is 28.4 Å². The van der Waals surface area contributed by atoms with Gasteiger partial charge in [-0.05, 0) is 0 Å². The monoisotopic (exact) mass is 462 g/mol. The van der Waals surface area contributed by atoms with Gasteiger partial charge in [-0.25, -0.2) is 0 Å². The second-order valence-corrected chi connectivity index (χ2v) is 5.52. The largest absolute Gasteiger partial charge is 0.394 e. The van der Waals surface area contributed by atoms with Crippen molar-refractivity contribution < 1.29 is 52.8 Å². The summed E-state index contributed by atoms with van der Waals surface area (Å²) in [5.41, 5.74) is 0. The zero-order valence-corrected chi connectivity index (χ0v) is 19.9. The molecule has 0 radical (unpaired) electrons. The molecule has 0 unspecified atom stereocenters. The summed E-state index contributed by atoms with van der Waals surface area (Å²) in [7, 11) is 6.55. The van der Waals surface area contributed by atoms with Crippen LogP contribution in [-0.4, -0.2) is 144 Å². The van der Waals surface area contributed by atoms with E-state index in [-0.39, 0.29) is 13.2 Å². The first kappa shape index (κ1) is 35.2. The molecule has 0 aromatic heterocycles. The quantitative estimate of drug-likeness (QED) is 0.205. The third-order valence-electron chi connectivity index (χ3n) is 2.82. The van der Waals surface area contributed by atoms with E-state index in [1.165, 1.54) is 0 Å². The van der Waals surface area contributed by atoms with Gasteiger partial charge in [0.25, 0.3) is 0 Å². The zero-order valence-electron chi connectivity index (χ0n) is 19.9. The summed E-state index contributed by atoms with van der Waals surface area (Å²) in [6.45, 7) is 7.63. The van der Waals surface area contributed by atoms with Crippen molar-refractivity contribution in [2.45, 2.75) is 0 Å². The highest BCUT2D eigenvalue weighted by Crippen LogP contribution is 1.82. The van der Waals surface area contributed by atoms with Gasteiger partial charge in [-0.3, -0.25) is 0 Å². The van der Waals surface area contributed by atoms with Gasteiger partial charge >= 0.3 is 0 Å². The fourth-order valence-electron chi connectivity index (χ4n) is 1.50. The summed E-state index contributed by atoms with van der Waals surface area (Å²) < 4.78 is 44.6. The van der Waals surface area contributed by atoms with Gasteiger partial charge in [0.15, 0.2) is 0 Å². The predicted molar refractivity (Wildman–Crippen MR) is 116 cm³/mol.